The lowest BCUT2D eigenvalue weighted by Gasteiger charge is -2.26. The van der Waals surface area contributed by atoms with Crippen LogP contribution in [0.1, 0.15) is 0 Å². The standard InChI is InChI=1S/C90H58N2/c1-3-21-75(22-4-1)91(79-49-43-59-17-7-9-19-63(59)57-79)77-45-39-61(40-46-77)65-31-33-68-52-71(37-35-67(68)51-65)87-85-29-15-16-30-86(85)88(90-84-28-14-12-26-82(84)81-25-11-13-27-83(81)89(87)90)72-38-36-70-54-73-53-66(32-34-69(73)55-74(70)56-72)62-41-47-78(48-42-62)92(76-23-5-2-6-24-76)80-50-44-60-18-8-10-20-64(60)58-80/h1-58H. The Morgan fingerprint density at radius 2 is 0.413 bits per heavy atom. The summed E-state index contributed by atoms with van der Waals surface area (Å²) in [6, 6.07) is 130. The molecule has 92 heavy (non-hydrogen) atoms. The van der Waals surface area contributed by atoms with Crippen LogP contribution in [-0.4, -0.2) is 0 Å². The molecule has 0 radical (unpaired) electrons. The third-order valence-electron chi connectivity index (χ3n) is 19.0. The summed E-state index contributed by atoms with van der Waals surface area (Å²) in [6.07, 6.45) is 0. The summed E-state index contributed by atoms with van der Waals surface area (Å²) in [4.78, 5) is 4.69. The zero-order valence-electron chi connectivity index (χ0n) is 50.4. The first-order valence-electron chi connectivity index (χ1n) is 31.8. The van der Waals surface area contributed by atoms with E-state index in [0.29, 0.717) is 0 Å². The van der Waals surface area contributed by atoms with Crippen LogP contribution in [0.25, 0.3) is 141 Å². The van der Waals surface area contributed by atoms with Crippen molar-refractivity contribution in [2.24, 2.45) is 0 Å². The van der Waals surface area contributed by atoms with E-state index in [-0.39, 0.29) is 0 Å². The molecule has 0 spiro atoms. The predicted molar refractivity (Wildman–Crippen MR) is 395 cm³/mol. The molecule has 0 bridgehead atoms. The fourth-order valence-corrected chi connectivity index (χ4v) is 14.6. The van der Waals surface area contributed by atoms with Crippen LogP contribution in [-0.2, 0) is 0 Å². The van der Waals surface area contributed by atoms with Crippen molar-refractivity contribution < 1.29 is 0 Å². The average molecular weight is 1170 g/mol. The molecule has 0 aliphatic carbocycles. The molecule has 0 amide bonds. The Kier molecular flexibility index (Phi) is 12.6. The summed E-state index contributed by atoms with van der Waals surface area (Å²) in [5.41, 5.74) is 16.4. The Bertz CT molecular complexity index is 5930. The average Bonchev–Trinajstić information content (AvgIpc) is 1.78. The van der Waals surface area contributed by atoms with Gasteiger partial charge in [-0.3, -0.25) is 0 Å². The SMILES string of the molecule is c1ccc(N(c2ccc(-c3ccc4cc(-c5c6ccccc6c(-c6ccc7cc8cc(-c9ccc(N(c%10ccccc%10)c%10ccc%11ccccc%11c%10)cc9)ccc8cc7c6)c6c7ccccc7c7ccccc7c56)ccc4c3)cc2)c2ccc3ccccc3c2)cc1. The second-order valence-corrected chi connectivity index (χ2v) is 24.4. The van der Waals surface area contributed by atoms with Gasteiger partial charge in [0.15, 0.2) is 0 Å². The quantitative estimate of drug-likeness (QED) is 0.0995. The molecule has 0 fully saturated rings. The number of fused-ring (bicyclic) bond motifs is 12. The molecule has 2 heteroatoms. The molecular formula is C90H58N2. The lowest BCUT2D eigenvalue weighted by molar-refractivity contribution is 1.29. The van der Waals surface area contributed by atoms with Crippen molar-refractivity contribution in [3.8, 4) is 44.5 Å². The molecule has 0 aromatic heterocycles. The van der Waals surface area contributed by atoms with Gasteiger partial charge in [-0.15, -0.1) is 0 Å². The number of rotatable bonds is 10. The van der Waals surface area contributed by atoms with Crippen molar-refractivity contribution in [3.63, 3.8) is 0 Å². The van der Waals surface area contributed by atoms with Crippen LogP contribution >= 0.6 is 0 Å². The van der Waals surface area contributed by atoms with Gasteiger partial charge in [-0.1, -0.05) is 243 Å². The van der Waals surface area contributed by atoms with Gasteiger partial charge in [0.2, 0.25) is 0 Å². The van der Waals surface area contributed by atoms with E-state index in [4.69, 9.17) is 0 Å². The minimum absolute atomic E-state index is 1.11. The van der Waals surface area contributed by atoms with Gasteiger partial charge in [0.05, 0.1) is 0 Å². The maximum absolute atomic E-state index is 2.44. The van der Waals surface area contributed by atoms with Gasteiger partial charge in [0, 0.05) is 34.1 Å². The number of hydrogen-bond acceptors (Lipinski definition) is 2. The fourth-order valence-electron chi connectivity index (χ4n) is 14.6. The van der Waals surface area contributed by atoms with Gasteiger partial charge < -0.3 is 9.80 Å². The molecule has 0 saturated heterocycles. The molecule has 2 nitrogen and oxygen atoms in total. The molecule has 18 aromatic rings. The van der Waals surface area contributed by atoms with Crippen molar-refractivity contribution in [1.29, 1.82) is 0 Å². The number of para-hydroxylation sites is 2. The molecule has 0 unspecified atom stereocenters. The van der Waals surface area contributed by atoms with Crippen molar-refractivity contribution in [2.75, 3.05) is 9.80 Å². The number of hydrogen-bond donors (Lipinski definition) is 0. The molecule has 428 valence electrons. The van der Waals surface area contributed by atoms with Crippen LogP contribution in [0.4, 0.5) is 34.1 Å². The van der Waals surface area contributed by atoms with E-state index in [1.807, 2.05) is 0 Å². The van der Waals surface area contributed by atoms with Crippen LogP contribution in [0, 0.1) is 0 Å². The van der Waals surface area contributed by atoms with Crippen molar-refractivity contribution in [2.45, 2.75) is 0 Å². The van der Waals surface area contributed by atoms with Crippen molar-refractivity contribution >= 4 is 131 Å². The van der Waals surface area contributed by atoms with Crippen LogP contribution in [0.2, 0.25) is 0 Å². The van der Waals surface area contributed by atoms with Gasteiger partial charge in [-0.05, 0) is 251 Å². The van der Waals surface area contributed by atoms with Crippen LogP contribution < -0.4 is 9.80 Å². The second-order valence-electron chi connectivity index (χ2n) is 24.4. The second kappa shape index (κ2) is 21.9. The van der Waals surface area contributed by atoms with E-state index >= 15 is 0 Å². The first-order valence-corrected chi connectivity index (χ1v) is 31.8. The summed E-state index contributed by atoms with van der Waals surface area (Å²) in [7, 11) is 0. The van der Waals surface area contributed by atoms with E-state index < -0.39 is 0 Å². The van der Waals surface area contributed by atoms with Crippen LogP contribution in [0.15, 0.2) is 352 Å². The summed E-state index contributed by atoms with van der Waals surface area (Å²) < 4.78 is 0. The minimum Gasteiger partial charge on any atom is -0.310 e. The Morgan fingerprint density at radius 3 is 0.848 bits per heavy atom. The highest BCUT2D eigenvalue weighted by molar-refractivity contribution is 6.37. The lowest BCUT2D eigenvalue weighted by atomic mass is 9.81. The molecule has 0 aliphatic heterocycles. The smallest absolute Gasteiger partial charge is 0.0468 e. The molecular weight excluding hydrogens is 1110 g/mol. The maximum Gasteiger partial charge on any atom is 0.0468 e. The first-order chi connectivity index (χ1) is 45.6. The normalized spacial score (nSPS) is 11.7. The first kappa shape index (κ1) is 53.0. The Labute approximate surface area is 534 Å². The minimum atomic E-state index is 1.11. The fraction of sp³-hybridized carbons (Fsp3) is 0. The molecule has 18 rings (SSSR count). The van der Waals surface area contributed by atoms with E-state index in [2.05, 4.69) is 362 Å². The summed E-state index contributed by atoms with van der Waals surface area (Å²) >= 11 is 0. The lowest BCUT2D eigenvalue weighted by Crippen LogP contribution is -2.09. The number of benzene rings is 18. The summed E-state index contributed by atoms with van der Waals surface area (Å²) in [6.45, 7) is 0. The number of anilines is 6. The molecule has 0 atom stereocenters. The van der Waals surface area contributed by atoms with Crippen molar-refractivity contribution in [3.05, 3.63) is 352 Å². The van der Waals surface area contributed by atoms with E-state index in [1.165, 1.54) is 141 Å². The Balaban J connectivity index is 0.715. The maximum atomic E-state index is 2.44. The van der Waals surface area contributed by atoms with E-state index in [1.54, 1.807) is 0 Å². The third kappa shape index (κ3) is 9.11. The van der Waals surface area contributed by atoms with Gasteiger partial charge >= 0.3 is 0 Å². The highest BCUT2D eigenvalue weighted by atomic mass is 15.1. The molecule has 18 aromatic carbocycles. The van der Waals surface area contributed by atoms with E-state index in [0.717, 1.165) is 34.1 Å². The summed E-state index contributed by atoms with van der Waals surface area (Å²) in [5.74, 6) is 0. The van der Waals surface area contributed by atoms with Gasteiger partial charge in [0.1, 0.15) is 0 Å². The highest BCUT2D eigenvalue weighted by Crippen LogP contribution is 2.51. The molecule has 0 heterocycles. The van der Waals surface area contributed by atoms with Crippen molar-refractivity contribution in [1.82, 2.24) is 0 Å². The van der Waals surface area contributed by atoms with Crippen LogP contribution in [0.3, 0.4) is 0 Å². The zero-order valence-corrected chi connectivity index (χ0v) is 50.4. The zero-order chi connectivity index (χ0) is 60.6. The molecule has 0 saturated carbocycles. The molecule has 0 aliphatic rings. The Morgan fingerprint density at radius 1 is 0.141 bits per heavy atom. The topological polar surface area (TPSA) is 6.48 Å². The predicted octanol–water partition coefficient (Wildman–Crippen LogP) is 25.7. The largest absolute Gasteiger partial charge is 0.310 e. The third-order valence-corrected chi connectivity index (χ3v) is 19.0. The number of nitrogens with zero attached hydrogens (tertiary/aromatic N) is 2. The monoisotopic (exact) mass is 1170 g/mol. The molecule has 0 N–H and O–H groups in total. The Hall–Kier alpha value is -12.1. The van der Waals surface area contributed by atoms with E-state index in [9.17, 15) is 0 Å². The van der Waals surface area contributed by atoms with Gasteiger partial charge in [-0.25, -0.2) is 0 Å². The highest BCUT2D eigenvalue weighted by Gasteiger charge is 2.23. The summed E-state index contributed by atoms with van der Waals surface area (Å²) in [5, 5.41) is 22.2. The van der Waals surface area contributed by atoms with Gasteiger partial charge in [-0.2, -0.15) is 0 Å². The van der Waals surface area contributed by atoms with Gasteiger partial charge in [0.25, 0.3) is 0 Å². The van der Waals surface area contributed by atoms with Crippen LogP contribution in [0.5, 0.6) is 0 Å².